The Labute approximate surface area is 94.7 Å². The molecular formula is C10H18O6. The molecule has 0 radical (unpaired) electrons. The highest BCUT2D eigenvalue weighted by Crippen LogP contribution is 2.08. The van der Waals surface area contributed by atoms with Gasteiger partial charge in [-0.3, -0.25) is 9.59 Å². The highest BCUT2D eigenvalue weighted by molar-refractivity contribution is 5.73. The van der Waals surface area contributed by atoms with Crippen molar-refractivity contribution < 1.29 is 28.8 Å². The van der Waals surface area contributed by atoms with Gasteiger partial charge in [0, 0.05) is 0 Å². The monoisotopic (exact) mass is 234 g/mol. The van der Waals surface area contributed by atoms with Gasteiger partial charge in [-0.25, -0.2) is 9.78 Å². The molecule has 0 aromatic carbocycles. The molecule has 0 spiro atoms. The fourth-order valence-corrected chi connectivity index (χ4v) is 0.868. The van der Waals surface area contributed by atoms with Crippen LogP contribution in [0.15, 0.2) is 0 Å². The van der Waals surface area contributed by atoms with Crippen molar-refractivity contribution in [1.82, 2.24) is 0 Å². The van der Waals surface area contributed by atoms with E-state index >= 15 is 0 Å². The average molecular weight is 234 g/mol. The summed E-state index contributed by atoms with van der Waals surface area (Å²) in [4.78, 5) is 31.9. The van der Waals surface area contributed by atoms with E-state index < -0.39 is 18.0 Å². The number of hydrogen-bond acceptors (Lipinski definition) is 6. The van der Waals surface area contributed by atoms with Crippen molar-refractivity contribution in [2.24, 2.45) is 0 Å². The number of hydrogen-bond donors (Lipinski definition) is 0. The number of esters is 2. The second-order valence-corrected chi connectivity index (χ2v) is 3.42. The topological polar surface area (TPSA) is 71.1 Å². The third-order valence-corrected chi connectivity index (χ3v) is 1.63. The summed E-state index contributed by atoms with van der Waals surface area (Å²) in [6, 6.07) is 0. The minimum absolute atomic E-state index is 0.0572. The summed E-state index contributed by atoms with van der Waals surface area (Å²) >= 11 is 0. The van der Waals surface area contributed by atoms with E-state index in [0.29, 0.717) is 0 Å². The van der Waals surface area contributed by atoms with Crippen LogP contribution in [0.3, 0.4) is 0 Å². The van der Waals surface area contributed by atoms with Crippen molar-refractivity contribution in [3.8, 4) is 0 Å². The highest BCUT2D eigenvalue weighted by atomic mass is 17.2. The molecule has 94 valence electrons. The normalized spacial score (nSPS) is 10.6. The van der Waals surface area contributed by atoms with Crippen molar-refractivity contribution in [1.29, 1.82) is 0 Å². The van der Waals surface area contributed by atoms with Gasteiger partial charge in [-0.05, 0) is 13.8 Å². The molecule has 0 fully saturated rings. The second kappa shape index (κ2) is 8.06. The minimum atomic E-state index is -0.692. The first-order valence-electron chi connectivity index (χ1n) is 4.95. The Bertz CT molecular complexity index is 207. The van der Waals surface area contributed by atoms with Crippen LogP contribution in [-0.4, -0.2) is 38.4 Å². The van der Waals surface area contributed by atoms with Crippen LogP contribution in [0.2, 0.25) is 0 Å². The molecule has 0 aromatic heterocycles. The molecule has 0 amide bonds. The van der Waals surface area contributed by atoms with Crippen LogP contribution < -0.4 is 0 Å². The van der Waals surface area contributed by atoms with Crippen LogP contribution in [0, 0.1) is 0 Å². The molecule has 0 saturated heterocycles. The molecule has 0 saturated carbocycles. The number of carbonyl (C=O) groups is 2. The van der Waals surface area contributed by atoms with Crippen LogP contribution in [0.5, 0.6) is 0 Å². The fourth-order valence-electron chi connectivity index (χ4n) is 0.868. The summed E-state index contributed by atoms with van der Waals surface area (Å²) in [5.74, 6) is -0.942. The summed E-state index contributed by atoms with van der Waals surface area (Å²) in [6.45, 7) is 3.54. The lowest BCUT2D eigenvalue weighted by molar-refractivity contribution is -0.344. The maximum atomic E-state index is 11.0. The van der Waals surface area contributed by atoms with Crippen LogP contribution >= 0.6 is 0 Å². The van der Waals surface area contributed by atoms with E-state index in [4.69, 9.17) is 9.78 Å². The average Bonchev–Trinajstić information content (AvgIpc) is 2.25. The number of rotatable bonds is 7. The fraction of sp³-hybridized carbons (Fsp3) is 0.800. The van der Waals surface area contributed by atoms with Gasteiger partial charge >= 0.3 is 11.9 Å². The summed E-state index contributed by atoms with van der Waals surface area (Å²) < 4.78 is 8.95. The number of carbonyl (C=O) groups excluding carboxylic acids is 2. The predicted octanol–water partition coefficient (Wildman–Crippen LogP) is 0.838. The summed E-state index contributed by atoms with van der Waals surface area (Å²) in [6.07, 6.45) is -0.962. The Morgan fingerprint density at radius 1 is 0.938 bits per heavy atom. The van der Waals surface area contributed by atoms with Gasteiger partial charge < -0.3 is 9.47 Å². The first kappa shape index (κ1) is 14.9. The first-order valence-corrected chi connectivity index (χ1v) is 4.95. The molecule has 0 heterocycles. The minimum Gasteiger partial charge on any atom is -0.469 e. The van der Waals surface area contributed by atoms with Crippen molar-refractivity contribution in [2.45, 2.75) is 38.9 Å². The Hall–Kier alpha value is -1.14. The molecule has 0 aromatic rings. The molecule has 0 N–H and O–H groups in total. The lowest BCUT2D eigenvalue weighted by Gasteiger charge is -2.15. The Morgan fingerprint density at radius 2 is 1.38 bits per heavy atom. The van der Waals surface area contributed by atoms with Crippen LogP contribution in [0.25, 0.3) is 0 Å². The summed E-state index contributed by atoms with van der Waals surface area (Å²) in [5, 5.41) is 0. The van der Waals surface area contributed by atoms with E-state index in [2.05, 4.69) is 9.47 Å². The number of methoxy groups -OCH3 is 2. The molecule has 0 unspecified atom stereocenters. The molecule has 6 heteroatoms. The van der Waals surface area contributed by atoms with Gasteiger partial charge in [0.2, 0.25) is 0 Å². The van der Waals surface area contributed by atoms with Crippen molar-refractivity contribution in [3.63, 3.8) is 0 Å². The van der Waals surface area contributed by atoms with Crippen molar-refractivity contribution >= 4 is 11.9 Å². The maximum Gasteiger partial charge on any atom is 0.308 e. The van der Waals surface area contributed by atoms with Crippen LogP contribution in [0.4, 0.5) is 0 Å². The SMILES string of the molecule is COC(=O)CC(CC(=O)OC)OOC(C)C. The molecular weight excluding hydrogens is 216 g/mol. The molecule has 0 bridgehead atoms. The molecule has 0 aliphatic heterocycles. The Kier molecular flexibility index (Phi) is 7.49. The van der Waals surface area contributed by atoms with Gasteiger partial charge in [0.05, 0.1) is 33.2 Å². The van der Waals surface area contributed by atoms with Gasteiger partial charge in [0.25, 0.3) is 0 Å². The molecule has 6 nitrogen and oxygen atoms in total. The third-order valence-electron chi connectivity index (χ3n) is 1.63. The van der Waals surface area contributed by atoms with Gasteiger partial charge in [0.15, 0.2) is 0 Å². The molecule has 0 rings (SSSR count). The lowest BCUT2D eigenvalue weighted by atomic mass is 10.2. The lowest BCUT2D eigenvalue weighted by Crippen LogP contribution is -2.24. The summed E-state index contributed by atoms with van der Waals surface area (Å²) in [5.41, 5.74) is 0. The maximum absolute atomic E-state index is 11.0. The van der Waals surface area contributed by atoms with Crippen molar-refractivity contribution in [3.05, 3.63) is 0 Å². The zero-order valence-electron chi connectivity index (χ0n) is 10.0. The first-order chi connectivity index (χ1) is 7.49. The standard InChI is InChI=1S/C10H18O6/c1-7(2)15-16-8(5-9(11)13-3)6-10(12)14-4/h7-8H,5-6H2,1-4H3. The van der Waals surface area contributed by atoms with Crippen LogP contribution in [0.1, 0.15) is 26.7 Å². The van der Waals surface area contributed by atoms with E-state index in [1.165, 1.54) is 14.2 Å². The predicted molar refractivity (Wildman–Crippen MR) is 54.4 cm³/mol. The van der Waals surface area contributed by atoms with E-state index in [1.807, 2.05) is 0 Å². The smallest absolute Gasteiger partial charge is 0.308 e. The quantitative estimate of drug-likeness (QED) is 0.369. The van der Waals surface area contributed by atoms with E-state index in [9.17, 15) is 9.59 Å². The summed E-state index contributed by atoms with van der Waals surface area (Å²) in [7, 11) is 2.53. The van der Waals surface area contributed by atoms with Gasteiger partial charge in [-0.2, -0.15) is 0 Å². The van der Waals surface area contributed by atoms with E-state index in [0.717, 1.165) is 0 Å². The molecule has 0 aliphatic rings. The zero-order valence-corrected chi connectivity index (χ0v) is 10.0. The van der Waals surface area contributed by atoms with Crippen molar-refractivity contribution in [2.75, 3.05) is 14.2 Å². The van der Waals surface area contributed by atoms with E-state index in [1.54, 1.807) is 13.8 Å². The Balaban J connectivity index is 4.15. The zero-order chi connectivity index (χ0) is 12.6. The second-order valence-electron chi connectivity index (χ2n) is 3.42. The number of ether oxygens (including phenoxy) is 2. The van der Waals surface area contributed by atoms with Crippen LogP contribution in [-0.2, 0) is 28.8 Å². The van der Waals surface area contributed by atoms with Gasteiger partial charge in [-0.1, -0.05) is 0 Å². The highest BCUT2D eigenvalue weighted by Gasteiger charge is 2.20. The van der Waals surface area contributed by atoms with Gasteiger partial charge in [0.1, 0.15) is 6.10 Å². The van der Waals surface area contributed by atoms with E-state index in [-0.39, 0.29) is 18.9 Å². The Morgan fingerprint density at radius 3 is 1.69 bits per heavy atom. The van der Waals surface area contributed by atoms with Gasteiger partial charge in [-0.15, -0.1) is 0 Å². The third kappa shape index (κ3) is 7.19. The largest absolute Gasteiger partial charge is 0.469 e. The molecule has 0 aliphatic carbocycles. The molecule has 16 heavy (non-hydrogen) atoms. The molecule has 0 atom stereocenters.